The molecule has 3 atom stereocenters. The molecule has 0 spiro atoms. The number of rotatable bonds is 7. The molecule has 3 heterocycles. The molecule has 0 aliphatic carbocycles. The topological polar surface area (TPSA) is 81.2 Å². The van der Waals surface area contributed by atoms with Crippen LogP contribution in [0.2, 0.25) is 0 Å². The molecule has 2 aromatic rings. The summed E-state index contributed by atoms with van der Waals surface area (Å²) < 4.78 is 33.1. The van der Waals surface area contributed by atoms with Crippen LogP contribution in [0.1, 0.15) is 31.7 Å². The zero-order valence-corrected chi connectivity index (χ0v) is 16.7. The summed E-state index contributed by atoms with van der Waals surface area (Å²) in [4.78, 5) is 8.58. The highest BCUT2D eigenvalue weighted by atomic mass is 32.2. The Kier molecular flexibility index (Phi) is 6.39. The lowest BCUT2D eigenvalue weighted by molar-refractivity contribution is -0.0479. The molecule has 1 aliphatic heterocycles. The van der Waals surface area contributed by atoms with Gasteiger partial charge in [-0.25, -0.2) is 18.1 Å². The normalized spacial score (nSPS) is 23.8. The van der Waals surface area contributed by atoms with Crippen LogP contribution in [-0.4, -0.2) is 42.9 Å². The van der Waals surface area contributed by atoms with Crippen molar-refractivity contribution >= 4 is 21.4 Å². The molecule has 1 fully saturated rings. The van der Waals surface area contributed by atoms with Crippen LogP contribution in [0.5, 0.6) is 0 Å². The Hall–Kier alpha value is -1.35. The maximum atomic E-state index is 12.4. The summed E-state index contributed by atoms with van der Waals surface area (Å²) in [5.41, 5.74) is 1.92. The largest absolute Gasteiger partial charge is 0.376 e. The number of nitrogens with one attached hydrogen (secondary N) is 1. The highest BCUT2D eigenvalue weighted by molar-refractivity contribution is 7.89. The van der Waals surface area contributed by atoms with Gasteiger partial charge < -0.3 is 4.74 Å². The molecular formula is C18H25N3O3S2. The molecule has 8 heteroatoms. The lowest BCUT2D eigenvalue weighted by atomic mass is 9.94. The van der Waals surface area contributed by atoms with E-state index in [1.54, 1.807) is 23.7 Å². The molecule has 1 aliphatic rings. The minimum atomic E-state index is -3.28. The van der Waals surface area contributed by atoms with E-state index in [-0.39, 0.29) is 23.9 Å². The van der Waals surface area contributed by atoms with Crippen LogP contribution < -0.4 is 4.72 Å². The van der Waals surface area contributed by atoms with Crippen LogP contribution in [0.3, 0.4) is 0 Å². The van der Waals surface area contributed by atoms with Gasteiger partial charge in [0.1, 0.15) is 0 Å². The predicted octanol–water partition coefficient (Wildman–Crippen LogP) is 2.87. The summed E-state index contributed by atoms with van der Waals surface area (Å²) in [5, 5.41) is 2.91. The summed E-state index contributed by atoms with van der Waals surface area (Å²) in [6, 6.07) is 3.83. The molecule has 0 saturated carbocycles. The molecule has 0 aromatic carbocycles. The number of pyridine rings is 1. The van der Waals surface area contributed by atoms with E-state index < -0.39 is 10.0 Å². The molecule has 0 bridgehead atoms. The standard InChI is InChI=1S/C18H25N3O3S2/c1-13-9-15(10-14(2)24-13)12-26(22,23)20-8-5-18-21-17(11-25-18)16-3-6-19-7-4-16/h3-4,6-7,11,13-15,20H,5,8-10,12H2,1-2H3/t13-,14+,15?. The molecule has 2 aromatic heterocycles. The van der Waals surface area contributed by atoms with Crippen molar-refractivity contribution in [1.82, 2.24) is 14.7 Å². The Bertz CT molecular complexity index is 798. The second kappa shape index (κ2) is 8.56. The smallest absolute Gasteiger partial charge is 0.211 e. The average molecular weight is 396 g/mol. The fourth-order valence-electron chi connectivity index (χ4n) is 3.44. The first-order valence-electron chi connectivity index (χ1n) is 8.89. The van der Waals surface area contributed by atoms with Gasteiger partial charge in [0.2, 0.25) is 10.0 Å². The molecule has 1 unspecified atom stereocenters. The van der Waals surface area contributed by atoms with E-state index >= 15 is 0 Å². The van der Waals surface area contributed by atoms with E-state index in [0.29, 0.717) is 13.0 Å². The lowest BCUT2D eigenvalue weighted by Gasteiger charge is -2.31. The number of aromatic nitrogens is 2. The third kappa shape index (κ3) is 5.57. The van der Waals surface area contributed by atoms with Gasteiger partial charge in [0, 0.05) is 36.3 Å². The Morgan fingerprint density at radius 1 is 1.23 bits per heavy atom. The number of hydrogen-bond acceptors (Lipinski definition) is 6. The van der Waals surface area contributed by atoms with Gasteiger partial charge in [0.15, 0.2) is 0 Å². The Morgan fingerprint density at radius 2 is 1.92 bits per heavy atom. The van der Waals surface area contributed by atoms with Crippen molar-refractivity contribution in [2.45, 2.75) is 45.3 Å². The van der Waals surface area contributed by atoms with E-state index in [1.807, 2.05) is 31.4 Å². The maximum absolute atomic E-state index is 12.4. The number of hydrogen-bond donors (Lipinski definition) is 1. The quantitative estimate of drug-likeness (QED) is 0.780. The Balaban J connectivity index is 1.49. The average Bonchev–Trinajstić information content (AvgIpc) is 3.03. The third-order valence-corrected chi connectivity index (χ3v) is 6.90. The Morgan fingerprint density at radius 3 is 2.62 bits per heavy atom. The molecule has 1 N–H and O–H groups in total. The van der Waals surface area contributed by atoms with Gasteiger partial charge in [-0.1, -0.05) is 0 Å². The lowest BCUT2D eigenvalue weighted by Crippen LogP contribution is -2.37. The van der Waals surface area contributed by atoms with Crippen molar-refractivity contribution < 1.29 is 13.2 Å². The minimum Gasteiger partial charge on any atom is -0.376 e. The monoisotopic (exact) mass is 395 g/mol. The third-order valence-electron chi connectivity index (χ3n) is 4.44. The fourth-order valence-corrected chi connectivity index (χ4v) is 5.67. The summed E-state index contributed by atoms with van der Waals surface area (Å²) >= 11 is 1.55. The van der Waals surface area contributed by atoms with E-state index in [9.17, 15) is 8.42 Å². The van der Waals surface area contributed by atoms with Crippen molar-refractivity contribution in [2.75, 3.05) is 12.3 Å². The molecule has 142 valence electrons. The SMILES string of the molecule is C[C@@H]1CC(CS(=O)(=O)NCCc2nc(-c3ccncc3)cs2)C[C@H](C)O1. The van der Waals surface area contributed by atoms with E-state index in [4.69, 9.17) is 4.74 Å². The second-order valence-electron chi connectivity index (χ2n) is 6.88. The zero-order valence-electron chi connectivity index (χ0n) is 15.1. The molecule has 0 radical (unpaired) electrons. The van der Waals surface area contributed by atoms with Crippen molar-refractivity contribution in [1.29, 1.82) is 0 Å². The van der Waals surface area contributed by atoms with E-state index in [1.165, 1.54) is 0 Å². The van der Waals surface area contributed by atoms with Crippen molar-refractivity contribution in [2.24, 2.45) is 5.92 Å². The number of thiazole rings is 1. The zero-order chi connectivity index (χ0) is 18.6. The number of ether oxygens (including phenoxy) is 1. The highest BCUT2D eigenvalue weighted by Crippen LogP contribution is 2.26. The first kappa shape index (κ1) is 19.4. The van der Waals surface area contributed by atoms with Crippen molar-refractivity contribution in [3.05, 3.63) is 34.9 Å². The number of nitrogens with zero attached hydrogens (tertiary/aromatic N) is 2. The molecular weight excluding hydrogens is 370 g/mol. The molecule has 1 saturated heterocycles. The van der Waals surface area contributed by atoms with Crippen LogP contribution in [0, 0.1) is 5.92 Å². The molecule has 0 amide bonds. The van der Waals surface area contributed by atoms with Crippen LogP contribution in [-0.2, 0) is 21.2 Å². The van der Waals surface area contributed by atoms with Gasteiger partial charge >= 0.3 is 0 Å². The second-order valence-corrected chi connectivity index (χ2v) is 9.68. The number of sulfonamides is 1. The Labute approximate surface area is 159 Å². The van der Waals surface area contributed by atoms with Gasteiger partial charge in [-0.3, -0.25) is 4.98 Å². The van der Waals surface area contributed by atoms with Gasteiger partial charge in [-0.05, 0) is 44.7 Å². The van der Waals surface area contributed by atoms with E-state index in [0.717, 1.165) is 29.1 Å². The van der Waals surface area contributed by atoms with Crippen LogP contribution in [0.15, 0.2) is 29.9 Å². The summed E-state index contributed by atoms with van der Waals surface area (Å²) in [6.07, 6.45) is 5.91. The van der Waals surface area contributed by atoms with E-state index in [2.05, 4.69) is 14.7 Å². The van der Waals surface area contributed by atoms with Crippen LogP contribution in [0.25, 0.3) is 11.3 Å². The summed E-state index contributed by atoms with van der Waals surface area (Å²) in [5.74, 6) is 0.329. The molecule has 3 rings (SSSR count). The minimum absolute atomic E-state index is 0.126. The van der Waals surface area contributed by atoms with Gasteiger partial charge in [0.25, 0.3) is 0 Å². The predicted molar refractivity (Wildman–Crippen MR) is 104 cm³/mol. The maximum Gasteiger partial charge on any atom is 0.211 e. The van der Waals surface area contributed by atoms with Gasteiger partial charge in [-0.15, -0.1) is 11.3 Å². The molecule has 26 heavy (non-hydrogen) atoms. The fraction of sp³-hybridized carbons (Fsp3) is 0.556. The van der Waals surface area contributed by atoms with Crippen molar-refractivity contribution in [3.8, 4) is 11.3 Å². The molecule has 6 nitrogen and oxygen atoms in total. The van der Waals surface area contributed by atoms with Crippen LogP contribution >= 0.6 is 11.3 Å². The summed E-state index contributed by atoms with van der Waals surface area (Å²) in [7, 11) is -3.28. The highest BCUT2D eigenvalue weighted by Gasteiger charge is 2.28. The van der Waals surface area contributed by atoms with Gasteiger partial charge in [-0.2, -0.15) is 0 Å². The van der Waals surface area contributed by atoms with Crippen LogP contribution in [0.4, 0.5) is 0 Å². The van der Waals surface area contributed by atoms with Crippen molar-refractivity contribution in [3.63, 3.8) is 0 Å². The van der Waals surface area contributed by atoms with Gasteiger partial charge in [0.05, 0.1) is 28.7 Å². The first-order chi connectivity index (χ1) is 12.4. The summed E-state index contributed by atoms with van der Waals surface area (Å²) in [6.45, 7) is 4.39. The first-order valence-corrected chi connectivity index (χ1v) is 11.4.